The molecule has 1 rings (SSSR count). The second-order valence-corrected chi connectivity index (χ2v) is 5.79. The first kappa shape index (κ1) is 25.0. The summed E-state index contributed by atoms with van der Waals surface area (Å²) in [6.07, 6.45) is 0. The zero-order valence-corrected chi connectivity index (χ0v) is 16.9. The van der Waals surface area contributed by atoms with Crippen molar-refractivity contribution in [3.05, 3.63) is 44.0 Å². The molecule has 0 spiro atoms. The van der Waals surface area contributed by atoms with Crippen LogP contribution in [0.1, 0.15) is 17.3 Å². The van der Waals surface area contributed by atoms with Gasteiger partial charge in [-0.25, -0.2) is 5.01 Å². The number of hydrogen-bond acceptors (Lipinski definition) is 7. The molecule has 0 aromatic heterocycles. The maximum Gasteiger partial charge on any atom is 0.289 e. The highest BCUT2D eigenvalue weighted by molar-refractivity contribution is 6.18. The molecular weight excluding hydrogens is 401 g/mol. The fourth-order valence-corrected chi connectivity index (χ4v) is 2.59. The maximum absolute atomic E-state index is 12.8. The number of halogens is 2. The Bertz CT molecular complexity index is 609. The van der Waals surface area contributed by atoms with Crippen LogP contribution in [-0.4, -0.2) is 71.3 Å². The number of carbonyl (C=O) groups excluding carboxylic acids is 1. The van der Waals surface area contributed by atoms with Crippen LogP contribution in [0, 0.1) is 20.2 Å². The number of nitrogens with one attached hydrogen (secondary N) is 1. The lowest BCUT2D eigenvalue weighted by molar-refractivity contribution is -0.394. The molecule has 0 aliphatic carbocycles. The number of amides is 1. The summed E-state index contributed by atoms with van der Waals surface area (Å²) < 4.78 is 0. The molecule has 1 aromatic rings. The van der Waals surface area contributed by atoms with Crippen LogP contribution < -0.4 is 5.32 Å². The molecular formula is C15H23Cl2N5O5. The van der Waals surface area contributed by atoms with Gasteiger partial charge >= 0.3 is 0 Å². The average Bonchev–Trinajstić information content (AvgIpc) is 2.62. The summed E-state index contributed by atoms with van der Waals surface area (Å²) in [7, 11) is 3.75. The van der Waals surface area contributed by atoms with Gasteiger partial charge in [-0.15, -0.1) is 23.2 Å². The third kappa shape index (κ3) is 7.25. The van der Waals surface area contributed by atoms with E-state index in [4.69, 9.17) is 23.2 Å². The quantitative estimate of drug-likeness (QED) is 0.367. The van der Waals surface area contributed by atoms with Gasteiger partial charge in [0.15, 0.2) is 5.56 Å². The van der Waals surface area contributed by atoms with Crippen LogP contribution in [0.25, 0.3) is 0 Å². The second-order valence-electron chi connectivity index (χ2n) is 5.04. The van der Waals surface area contributed by atoms with Crippen molar-refractivity contribution >= 4 is 40.5 Å². The van der Waals surface area contributed by atoms with Crippen molar-refractivity contribution in [3.8, 4) is 0 Å². The lowest BCUT2D eigenvalue weighted by Crippen LogP contribution is -2.48. The van der Waals surface area contributed by atoms with Gasteiger partial charge in [-0.05, 0) is 27.1 Å². The molecule has 0 saturated heterocycles. The van der Waals surface area contributed by atoms with E-state index in [1.165, 1.54) is 16.1 Å². The Kier molecular flexibility index (Phi) is 12.2. The van der Waals surface area contributed by atoms with E-state index in [0.717, 1.165) is 12.1 Å². The van der Waals surface area contributed by atoms with Crippen LogP contribution in [0.15, 0.2) is 18.2 Å². The largest absolute Gasteiger partial charge is 0.323 e. The highest BCUT2D eigenvalue weighted by Gasteiger charge is 2.34. The molecule has 0 atom stereocenters. The number of carbonyl (C=O) groups is 1. The number of nitro benzene ring substituents is 2. The fourth-order valence-electron chi connectivity index (χ4n) is 2.20. The summed E-state index contributed by atoms with van der Waals surface area (Å²) in [5, 5.41) is 27.8. The van der Waals surface area contributed by atoms with E-state index >= 15 is 0 Å². The molecule has 0 bridgehead atoms. The normalized spacial score (nSPS) is 10.1. The minimum atomic E-state index is -0.841. The summed E-state index contributed by atoms with van der Waals surface area (Å²) in [5.41, 5.74) is -1.81. The minimum absolute atomic E-state index is 0.149. The molecule has 0 unspecified atom stereocenters. The van der Waals surface area contributed by atoms with Crippen molar-refractivity contribution in [2.24, 2.45) is 0 Å². The molecule has 0 fully saturated rings. The number of alkyl halides is 2. The number of hydrazine groups is 1. The van der Waals surface area contributed by atoms with Gasteiger partial charge in [0.25, 0.3) is 17.3 Å². The molecule has 0 radical (unpaired) electrons. The van der Waals surface area contributed by atoms with Crippen LogP contribution in [0.5, 0.6) is 0 Å². The van der Waals surface area contributed by atoms with Gasteiger partial charge < -0.3 is 5.32 Å². The van der Waals surface area contributed by atoms with Gasteiger partial charge in [-0.3, -0.25) is 30.0 Å². The molecule has 12 heteroatoms. The number of rotatable bonds is 9. The Balaban J connectivity index is 0.00000210. The monoisotopic (exact) mass is 423 g/mol. The topological polar surface area (TPSA) is 122 Å². The molecule has 0 heterocycles. The van der Waals surface area contributed by atoms with Crippen molar-refractivity contribution in [1.29, 1.82) is 0 Å². The predicted octanol–water partition coefficient (Wildman–Crippen LogP) is 2.50. The fraction of sp³-hybridized carbons (Fsp3) is 0.533. The van der Waals surface area contributed by atoms with Crippen molar-refractivity contribution < 1.29 is 14.6 Å². The van der Waals surface area contributed by atoms with Crippen LogP contribution in [0.4, 0.5) is 11.4 Å². The SMILES string of the molecule is CCN(C(=O)c1c([N+](=O)[O-])cccc1[N+](=O)[O-])N(CCCl)CCCl.CNC. The van der Waals surface area contributed by atoms with Crippen LogP contribution >= 0.6 is 23.2 Å². The number of benzene rings is 1. The first-order valence-electron chi connectivity index (χ1n) is 7.99. The van der Waals surface area contributed by atoms with Crippen molar-refractivity contribution in [1.82, 2.24) is 15.3 Å². The van der Waals surface area contributed by atoms with E-state index in [-0.39, 0.29) is 31.4 Å². The molecule has 0 aliphatic rings. The lowest BCUT2D eigenvalue weighted by Gasteiger charge is -2.33. The Morgan fingerprint density at radius 1 is 1.07 bits per heavy atom. The Labute approximate surface area is 167 Å². The number of hydrogen-bond donors (Lipinski definition) is 1. The minimum Gasteiger partial charge on any atom is -0.323 e. The Morgan fingerprint density at radius 2 is 1.48 bits per heavy atom. The molecule has 152 valence electrons. The van der Waals surface area contributed by atoms with Gasteiger partial charge in [0, 0.05) is 43.5 Å². The summed E-state index contributed by atoms with van der Waals surface area (Å²) in [6, 6.07) is 3.28. The number of nitro groups is 2. The molecule has 27 heavy (non-hydrogen) atoms. The summed E-state index contributed by atoms with van der Waals surface area (Å²) in [4.78, 5) is 33.6. The van der Waals surface area contributed by atoms with Crippen LogP contribution in [-0.2, 0) is 0 Å². The summed E-state index contributed by atoms with van der Waals surface area (Å²) in [6.45, 7) is 2.33. The van der Waals surface area contributed by atoms with Crippen molar-refractivity contribution in [2.45, 2.75) is 6.92 Å². The second kappa shape index (κ2) is 13.2. The smallest absolute Gasteiger partial charge is 0.289 e. The Morgan fingerprint density at radius 3 is 1.78 bits per heavy atom. The molecule has 1 N–H and O–H groups in total. The van der Waals surface area contributed by atoms with E-state index < -0.39 is 32.7 Å². The first-order valence-corrected chi connectivity index (χ1v) is 9.06. The number of nitrogens with zero attached hydrogens (tertiary/aromatic N) is 4. The van der Waals surface area contributed by atoms with Gasteiger partial charge in [-0.2, -0.15) is 0 Å². The summed E-state index contributed by atoms with van der Waals surface area (Å²) in [5.74, 6) is -0.453. The summed E-state index contributed by atoms with van der Waals surface area (Å²) >= 11 is 11.4. The molecule has 1 amide bonds. The van der Waals surface area contributed by atoms with E-state index in [1.54, 1.807) is 6.92 Å². The van der Waals surface area contributed by atoms with Crippen LogP contribution in [0.3, 0.4) is 0 Å². The average molecular weight is 424 g/mol. The third-order valence-corrected chi connectivity index (χ3v) is 3.53. The zero-order valence-electron chi connectivity index (χ0n) is 15.4. The van der Waals surface area contributed by atoms with Gasteiger partial charge in [-0.1, -0.05) is 0 Å². The predicted molar refractivity (Wildman–Crippen MR) is 104 cm³/mol. The molecule has 0 aliphatic heterocycles. The van der Waals surface area contributed by atoms with Crippen molar-refractivity contribution in [3.63, 3.8) is 0 Å². The van der Waals surface area contributed by atoms with E-state index in [0.29, 0.717) is 0 Å². The highest BCUT2D eigenvalue weighted by Crippen LogP contribution is 2.29. The first-order chi connectivity index (χ1) is 12.8. The third-order valence-electron chi connectivity index (χ3n) is 3.19. The standard InChI is InChI=1S/C13H16Cl2N4O5.C2H7N/c1-2-17(16(8-6-14)9-7-15)13(20)12-10(18(21)22)4-3-5-11(12)19(23)24;1-3-2/h3-5H,2,6-9H2,1H3;3H,1-2H3. The van der Waals surface area contributed by atoms with Gasteiger partial charge in [0.2, 0.25) is 0 Å². The van der Waals surface area contributed by atoms with Crippen molar-refractivity contribution in [2.75, 3.05) is 45.5 Å². The molecule has 0 saturated carbocycles. The molecule has 1 aromatic carbocycles. The van der Waals surface area contributed by atoms with Gasteiger partial charge in [0.1, 0.15) is 0 Å². The van der Waals surface area contributed by atoms with Crippen LogP contribution in [0.2, 0.25) is 0 Å². The van der Waals surface area contributed by atoms with E-state index in [2.05, 4.69) is 5.32 Å². The maximum atomic E-state index is 12.8. The van der Waals surface area contributed by atoms with E-state index in [9.17, 15) is 25.0 Å². The Hall–Kier alpha value is -2.01. The highest BCUT2D eigenvalue weighted by atomic mass is 35.5. The zero-order chi connectivity index (χ0) is 21.0. The lowest BCUT2D eigenvalue weighted by atomic mass is 10.1. The molecule has 10 nitrogen and oxygen atoms in total. The van der Waals surface area contributed by atoms with Gasteiger partial charge in [0.05, 0.1) is 9.85 Å². The van der Waals surface area contributed by atoms with E-state index in [1.807, 2.05) is 14.1 Å².